The van der Waals surface area contributed by atoms with Gasteiger partial charge in [0.15, 0.2) is 0 Å². The summed E-state index contributed by atoms with van der Waals surface area (Å²) in [5.41, 5.74) is 0. The van der Waals surface area contributed by atoms with Crippen LogP contribution in [-0.2, 0) is 14.4 Å². The number of rotatable bonds is 5. The molecule has 0 N–H and O–H groups in total. The maximum Gasteiger partial charge on any atom is 0.233 e. The number of amides is 3. The molecule has 0 aromatic rings. The van der Waals surface area contributed by atoms with Gasteiger partial charge in [-0.05, 0) is 32.6 Å². The molecule has 0 spiro atoms. The molecule has 5 heteroatoms. The molecule has 2 unspecified atom stereocenters. The van der Waals surface area contributed by atoms with Crippen molar-refractivity contribution < 1.29 is 14.4 Å². The van der Waals surface area contributed by atoms with E-state index in [0.29, 0.717) is 6.04 Å². The fourth-order valence-electron chi connectivity index (χ4n) is 4.66. The van der Waals surface area contributed by atoms with Gasteiger partial charge in [-0.1, -0.05) is 25.7 Å². The zero-order valence-corrected chi connectivity index (χ0v) is 14.1. The zero-order valence-electron chi connectivity index (χ0n) is 14.1. The van der Waals surface area contributed by atoms with Gasteiger partial charge in [0.1, 0.15) is 0 Å². The molecule has 3 aliphatic rings. The highest BCUT2D eigenvalue weighted by Gasteiger charge is 2.47. The summed E-state index contributed by atoms with van der Waals surface area (Å²) in [6.07, 6.45) is 8.60. The molecule has 0 aromatic carbocycles. The van der Waals surface area contributed by atoms with Gasteiger partial charge in [0.25, 0.3) is 0 Å². The highest BCUT2D eigenvalue weighted by Crippen LogP contribution is 2.38. The number of carbonyl (C=O) groups excluding carboxylic acids is 3. The molecule has 3 fully saturated rings. The van der Waals surface area contributed by atoms with Crippen molar-refractivity contribution >= 4 is 17.7 Å². The first-order valence-corrected chi connectivity index (χ1v) is 9.28. The Morgan fingerprint density at radius 2 is 1.52 bits per heavy atom. The lowest BCUT2D eigenvalue weighted by Crippen LogP contribution is -2.41. The number of hydrogen-bond acceptors (Lipinski definition) is 3. The van der Waals surface area contributed by atoms with Crippen LogP contribution in [-0.4, -0.2) is 46.7 Å². The van der Waals surface area contributed by atoms with Crippen LogP contribution in [0.4, 0.5) is 0 Å². The molecule has 23 heavy (non-hydrogen) atoms. The van der Waals surface area contributed by atoms with E-state index in [2.05, 4.69) is 0 Å². The highest BCUT2D eigenvalue weighted by atomic mass is 16.2. The topological polar surface area (TPSA) is 57.7 Å². The van der Waals surface area contributed by atoms with Crippen molar-refractivity contribution in [2.75, 3.05) is 13.1 Å². The molecule has 5 nitrogen and oxygen atoms in total. The minimum atomic E-state index is -0.108. The van der Waals surface area contributed by atoms with E-state index in [0.717, 1.165) is 45.1 Å². The predicted molar refractivity (Wildman–Crippen MR) is 86.4 cm³/mol. The van der Waals surface area contributed by atoms with Gasteiger partial charge >= 0.3 is 0 Å². The van der Waals surface area contributed by atoms with Crippen molar-refractivity contribution in [1.82, 2.24) is 9.80 Å². The van der Waals surface area contributed by atoms with Crippen LogP contribution in [0.25, 0.3) is 0 Å². The molecule has 0 bridgehead atoms. The lowest BCUT2D eigenvalue weighted by Gasteiger charge is -2.28. The van der Waals surface area contributed by atoms with Gasteiger partial charge in [-0.15, -0.1) is 0 Å². The Morgan fingerprint density at radius 1 is 1.00 bits per heavy atom. The number of nitrogens with zero attached hydrogens (tertiary/aromatic N) is 2. The molecule has 2 atom stereocenters. The molecule has 128 valence electrons. The molecule has 1 aliphatic heterocycles. The number of imide groups is 1. The zero-order chi connectivity index (χ0) is 16.4. The van der Waals surface area contributed by atoms with Gasteiger partial charge in [0.05, 0.1) is 11.8 Å². The van der Waals surface area contributed by atoms with Gasteiger partial charge in [-0.3, -0.25) is 19.3 Å². The van der Waals surface area contributed by atoms with Gasteiger partial charge in [-0.25, -0.2) is 0 Å². The summed E-state index contributed by atoms with van der Waals surface area (Å²) >= 11 is 0. The molecule has 0 radical (unpaired) electrons. The molecule has 3 rings (SSSR count). The average molecular weight is 320 g/mol. The van der Waals surface area contributed by atoms with E-state index in [1.54, 1.807) is 0 Å². The van der Waals surface area contributed by atoms with Gasteiger partial charge < -0.3 is 4.90 Å². The van der Waals surface area contributed by atoms with E-state index in [1.165, 1.54) is 17.7 Å². The third-order valence-electron chi connectivity index (χ3n) is 5.91. The van der Waals surface area contributed by atoms with Crippen molar-refractivity contribution in [3.63, 3.8) is 0 Å². The maximum atomic E-state index is 12.5. The minimum absolute atomic E-state index is 0.0311. The smallest absolute Gasteiger partial charge is 0.233 e. The van der Waals surface area contributed by atoms with E-state index < -0.39 is 0 Å². The van der Waals surface area contributed by atoms with E-state index in [9.17, 15) is 14.4 Å². The first-order chi connectivity index (χ1) is 11.1. The fourth-order valence-corrected chi connectivity index (χ4v) is 4.66. The normalized spacial score (nSPS) is 28.3. The van der Waals surface area contributed by atoms with E-state index >= 15 is 0 Å². The maximum absolute atomic E-state index is 12.5. The van der Waals surface area contributed by atoms with Crippen LogP contribution in [0.15, 0.2) is 0 Å². The summed E-state index contributed by atoms with van der Waals surface area (Å²) in [6.45, 7) is 3.00. The fraction of sp³-hybridized carbons (Fsp3) is 0.833. The third-order valence-corrected chi connectivity index (χ3v) is 5.91. The number of likely N-dealkylation sites (tertiary alicyclic amines) is 1. The molecule has 0 aromatic heterocycles. The van der Waals surface area contributed by atoms with Crippen molar-refractivity contribution in [2.45, 2.75) is 70.8 Å². The molecule has 2 aliphatic carbocycles. The van der Waals surface area contributed by atoms with Crippen molar-refractivity contribution in [3.05, 3.63) is 0 Å². The van der Waals surface area contributed by atoms with Crippen LogP contribution in [0.2, 0.25) is 0 Å². The quantitative estimate of drug-likeness (QED) is 0.731. The van der Waals surface area contributed by atoms with Gasteiger partial charge in [0.2, 0.25) is 17.7 Å². The summed E-state index contributed by atoms with van der Waals surface area (Å²) < 4.78 is 0. The summed E-state index contributed by atoms with van der Waals surface area (Å²) in [6, 6.07) is 0.361. The standard InChI is InChI=1S/C18H28N2O3/c1-2-19(13-7-3-4-8-13)16(21)11-12-20-17(22)14-9-5-6-10-15(14)18(20)23/h13-15H,2-12H2,1H3. The summed E-state index contributed by atoms with van der Waals surface area (Å²) in [5.74, 6) is -0.186. The van der Waals surface area contributed by atoms with Crippen molar-refractivity contribution in [1.29, 1.82) is 0 Å². The van der Waals surface area contributed by atoms with Gasteiger partial charge in [-0.2, -0.15) is 0 Å². The highest BCUT2D eigenvalue weighted by molar-refractivity contribution is 6.05. The minimum Gasteiger partial charge on any atom is -0.340 e. The Hall–Kier alpha value is -1.39. The lowest BCUT2D eigenvalue weighted by atomic mass is 9.81. The molecule has 1 saturated heterocycles. The van der Waals surface area contributed by atoms with E-state index in [-0.39, 0.29) is 42.5 Å². The van der Waals surface area contributed by atoms with Crippen LogP contribution in [0, 0.1) is 11.8 Å². The molecular weight excluding hydrogens is 292 g/mol. The van der Waals surface area contributed by atoms with E-state index in [4.69, 9.17) is 0 Å². The number of carbonyl (C=O) groups is 3. The summed E-state index contributed by atoms with van der Waals surface area (Å²) in [5, 5.41) is 0. The van der Waals surface area contributed by atoms with Crippen molar-refractivity contribution in [3.8, 4) is 0 Å². The molecule has 3 amide bonds. The van der Waals surface area contributed by atoms with Crippen LogP contribution in [0.3, 0.4) is 0 Å². The van der Waals surface area contributed by atoms with E-state index in [1.807, 2.05) is 11.8 Å². The van der Waals surface area contributed by atoms with Crippen LogP contribution < -0.4 is 0 Å². The second-order valence-corrected chi connectivity index (χ2v) is 7.19. The largest absolute Gasteiger partial charge is 0.340 e. The third kappa shape index (κ3) is 3.15. The first-order valence-electron chi connectivity index (χ1n) is 9.28. The Bertz CT molecular complexity index is 461. The summed E-state index contributed by atoms with van der Waals surface area (Å²) in [4.78, 5) is 40.7. The number of fused-ring (bicyclic) bond motifs is 1. The van der Waals surface area contributed by atoms with Crippen LogP contribution >= 0.6 is 0 Å². The van der Waals surface area contributed by atoms with Crippen LogP contribution in [0.1, 0.15) is 64.7 Å². The SMILES string of the molecule is CCN(C(=O)CCN1C(=O)C2CCCCC2C1=O)C1CCCC1. The first kappa shape index (κ1) is 16.5. The molecule has 2 saturated carbocycles. The number of hydrogen-bond donors (Lipinski definition) is 0. The Kier molecular flexibility index (Phi) is 5.02. The second kappa shape index (κ2) is 7.02. The molecule has 1 heterocycles. The molecular formula is C18H28N2O3. The second-order valence-electron chi connectivity index (χ2n) is 7.19. The summed E-state index contributed by atoms with van der Waals surface area (Å²) in [7, 11) is 0. The Balaban J connectivity index is 1.57. The monoisotopic (exact) mass is 320 g/mol. The Morgan fingerprint density at radius 3 is 2.04 bits per heavy atom. The lowest BCUT2D eigenvalue weighted by molar-refractivity contribution is -0.141. The average Bonchev–Trinajstić information content (AvgIpc) is 3.16. The van der Waals surface area contributed by atoms with Crippen molar-refractivity contribution in [2.24, 2.45) is 11.8 Å². The van der Waals surface area contributed by atoms with Gasteiger partial charge in [0, 0.05) is 25.6 Å². The Labute approximate surface area is 138 Å². The van der Waals surface area contributed by atoms with Crippen LogP contribution in [0.5, 0.6) is 0 Å². The predicted octanol–water partition coefficient (Wildman–Crippen LogP) is 2.34.